The summed E-state index contributed by atoms with van der Waals surface area (Å²) in [6.07, 6.45) is 2.39. The Morgan fingerprint density at radius 3 is 2.67 bits per heavy atom. The fourth-order valence-corrected chi connectivity index (χ4v) is 4.07. The van der Waals surface area contributed by atoms with E-state index in [9.17, 15) is 0 Å². The summed E-state index contributed by atoms with van der Waals surface area (Å²) in [6, 6.07) is 5.27. The zero-order valence-electron chi connectivity index (χ0n) is 15.6. The molecule has 0 saturated carbocycles. The minimum atomic E-state index is 0.501. The van der Waals surface area contributed by atoms with Crippen LogP contribution in [0.2, 0.25) is 0 Å². The maximum Gasteiger partial charge on any atom is 0.124 e. The number of fused-ring (bicyclic) bond motifs is 1. The first-order chi connectivity index (χ1) is 11.7. The molecule has 1 fully saturated rings. The van der Waals surface area contributed by atoms with Crippen LogP contribution in [-0.2, 0) is 13.0 Å². The van der Waals surface area contributed by atoms with Crippen molar-refractivity contribution in [3.8, 4) is 5.75 Å². The van der Waals surface area contributed by atoms with Gasteiger partial charge >= 0.3 is 0 Å². The second-order valence-electron chi connectivity index (χ2n) is 7.08. The third-order valence-corrected chi connectivity index (χ3v) is 5.40. The second kappa shape index (κ2) is 8.32. The number of ether oxygens (including phenoxy) is 1. The molecule has 2 aliphatic rings. The number of nitrogens with one attached hydrogen (secondary N) is 1. The van der Waals surface area contributed by atoms with Crippen molar-refractivity contribution in [1.82, 2.24) is 15.1 Å². The number of rotatable bonds is 6. The second-order valence-corrected chi connectivity index (χ2v) is 7.08. The normalized spacial score (nSPS) is 22.4. The molecule has 24 heavy (non-hydrogen) atoms. The molecule has 0 aliphatic carbocycles. The Labute approximate surface area is 147 Å². The minimum absolute atomic E-state index is 0.501. The Balaban J connectivity index is 1.84. The summed E-state index contributed by atoms with van der Waals surface area (Å²) in [6.45, 7) is 15.3. The van der Waals surface area contributed by atoms with E-state index in [0.717, 1.165) is 45.1 Å². The maximum atomic E-state index is 6.03. The van der Waals surface area contributed by atoms with E-state index < -0.39 is 0 Å². The summed E-state index contributed by atoms with van der Waals surface area (Å²) in [5, 5.41) is 3.43. The Hall–Kier alpha value is -1.10. The highest BCUT2D eigenvalue weighted by molar-refractivity contribution is 5.45. The molecule has 1 aromatic carbocycles. The van der Waals surface area contributed by atoms with Gasteiger partial charge in [0, 0.05) is 50.9 Å². The van der Waals surface area contributed by atoms with Crippen LogP contribution < -0.4 is 10.1 Å². The predicted molar refractivity (Wildman–Crippen MR) is 99.7 cm³/mol. The molecule has 134 valence electrons. The molecule has 4 heteroatoms. The highest BCUT2D eigenvalue weighted by Gasteiger charge is 2.25. The predicted octanol–water partition coefficient (Wildman–Crippen LogP) is 2.82. The SMILES string of the molecule is CCCN1CCc2cc(CN3CCNCC3)c(OCC)cc2C1C. The summed E-state index contributed by atoms with van der Waals surface area (Å²) in [4.78, 5) is 5.14. The van der Waals surface area contributed by atoms with Crippen molar-refractivity contribution in [1.29, 1.82) is 0 Å². The zero-order chi connectivity index (χ0) is 16.9. The highest BCUT2D eigenvalue weighted by Crippen LogP contribution is 2.35. The van der Waals surface area contributed by atoms with Gasteiger partial charge in [-0.1, -0.05) is 13.0 Å². The molecule has 1 unspecified atom stereocenters. The molecule has 0 bridgehead atoms. The Morgan fingerprint density at radius 2 is 1.96 bits per heavy atom. The monoisotopic (exact) mass is 331 g/mol. The molecular formula is C20H33N3O. The summed E-state index contributed by atoms with van der Waals surface area (Å²) in [5.41, 5.74) is 4.37. The van der Waals surface area contributed by atoms with E-state index in [4.69, 9.17) is 4.74 Å². The maximum absolute atomic E-state index is 6.03. The molecule has 3 rings (SSSR count). The van der Waals surface area contributed by atoms with Gasteiger partial charge in [0.25, 0.3) is 0 Å². The van der Waals surface area contributed by atoms with Gasteiger partial charge in [-0.3, -0.25) is 9.80 Å². The van der Waals surface area contributed by atoms with Crippen LogP contribution in [0.25, 0.3) is 0 Å². The summed E-state index contributed by atoms with van der Waals surface area (Å²) >= 11 is 0. The van der Waals surface area contributed by atoms with Crippen LogP contribution in [0, 0.1) is 0 Å². The van der Waals surface area contributed by atoms with E-state index in [1.165, 1.54) is 42.6 Å². The molecule has 2 heterocycles. The van der Waals surface area contributed by atoms with E-state index >= 15 is 0 Å². The number of nitrogens with zero attached hydrogens (tertiary/aromatic N) is 2. The first kappa shape index (κ1) is 17.7. The zero-order valence-corrected chi connectivity index (χ0v) is 15.6. The van der Waals surface area contributed by atoms with Gasteiger partial charge in [-0.15, -0.1) is 0 Å². The van der Waals surface area contributed by atoms with Crippen LogP contribution in [0.15, 0.2) is 12.1 Å². The van der Waals surface area contributed by atoms with E-state index in [1.807, 2.05) is 0 Å². The molecule has 4 nitrogen and oxygen atoms in total. The van der Waals surface area contributed by atoms with E-state index in [2.05, 4.69) is 48.0 Å². The lowest BCUT2D eigenvalue weighted by atomic mass is 9.91. The lowest BCUT2D eigenvalue weighted by Crippen LogP contribution is -2.43. The lowest BCUT2D eigenvalue weighted by molar-refractivity contribution is 0.197. The fourth-order valence-electron chi connectivity index (χ4n) is 4.07. The van der Waals surface area contributed by atoms with Gasteiger partial charge in [-0.2, -0.15) is 0 Å². The number of piperazine rings is 1. The van der Waals surface area contributed by atoms with Gasteiger partial charge in [0.15, 0.2) is 0 Å². The fraction of sp³-hybridized carbons (Fsp3) is 0.700. The van der Waals surface area contributed by atoms with Crippen molar-refractivity contribution in [3.05, 3.63) is 28.8 Å². The third-order valence-electron chi connectivity index (χ3n) is 5.40. The van der Waals surface area contributed by atoms with Crippen molar-refractivity contribution in [2.24, 2.45) is 0 Å². The van der Waals surface area contributed by atoms with Crippen molar-refractivity contribution >= 4 is 0 Å². The van der Waals surface area contributed by atoms with Crippen molar-refractivity contribution < 1.29 is 4.74 Å². The molecule has 1 atom stereocenters. The van der Waals surface area contributed by atoms with Crippen LogP contribution in [0.1, 0.15) is 49.9 Å². The first-order valence-corrected chi connectivity index (χ1v) is 9.68. The molecule has 0 spiro atoms. The molecule has 1 N–H and O–H groups in total. The number of benzene rings is 1. The largest absolute Gasteiger partial charge is 0.494 e. The topological polar surface area (TPSA) is 27.7 Å². The smallest absolute Gasteiger partial charge is 0.124 e. The van der Waals surface area contributed by atoms with Crippen molar-refractivity contribution in [2.45, 2.75) is 46.2 Å². The molecule has 0 amide bonds. The van der Waals surface area contributed by atoms with Crippen LogP contribution >= 0.6 is 0 Å². The van der Waals surface area contributed by atoms with Gasteiger partial charge in [0.2, 0.25) is 0 Å². The van der Waals surface area contributed by atoms with Crippen LogP contribution in [-0.4, -0.2) is 55.7 Å². The molecule has 1 saturated heterocycles. The summed E-state index contributed by atoms with van der Waals surface area (Å²) < 4.78 is 6.03. The van der Waals surface area contributed by atoms with Crippen molar-refractivity contribution in [3.63, 3.8) is 0 Å². The highest BCUT2D eigenvalue weighted by atomic mass is 16.5. The van der Waals surface area contributed by atoms with Crippen LogP contribution in [0.5, 0.6) is 5.75 Å². The Morgan fingerprint density at radius 1 is 1.17 bits per heavy atom. The molecule has 1 aromatic rings. The third kappa shape index (κ3) is 3.93. The molecule has 0 radical (unpaired) electrons. The quantitative estimate of drug-likeness (QED) is 0.867. The van der Waals surface area contributed by atoms with Crippen LogP contribution in [0.3, 0.4) is 0 Å². The van der Waals surface area contributed by atoms with Gasteiger partial charge in [-0.05, 0) is 50.4 Å². The molecule has 0 aromatic heterocycles. The van der Waals surface area contributed by atoms with Gasteiger partial charge < -0.3 is 10.1 Å². The van der Waals surface area contributed by atoms with Gasteiger partial charge in [0.1, 0.15) is 5.75 Å². The standard InChI is InChI=1S/C20H33N3O/c1-4-9-23-10-6-17-13-18(15-22-11-7-21-8-12-22)20(24-5-2)14-19(17)16(23)3/h13-14,16,21H,4-12,15H2,1-3H3. The first-order valence-electron chi connectivity index (χ1n) is 9.68. The minimum Gasteiger partial charge on any atom is -0.494 e. The van der Waals surface area contributed by atoms with E-state index in [0.29, 0.717) is 6.04 Å². The number of hydrogen-bond acceptors (Lipinski definition) is 4. The lowest BCUT2D eigenvalue weighted by Gasteiger charge is -2.36. The molecule has 2 aliphatic heterocycles. The van der Waals surface area contributed by atoms with Crippen LogP contribution in [0.4, 0.5) is 0 Å². The average molecular weight is 332 g/mol. The average Bonchev–Trinajstić information content (AvgIpc) is 2.60. The van der Waals surface area contributed by atoms with E-state index in [-0.39, 0.29) is 0 Å². The van der Waals surface area contributed by atoms with Gasteiger partial charge in [-0.25, -0.2) is 0 Å². The van der Waals surface area contributed by atoms with Crippen molar-refractivity contribution in [2.75, 3.05) is 45.9 Å². The summed E-state index contributed by atoms with van der Waals surface area (Å²) in [7, 11) is 0. The summed E-state index contributed by atoms with van der Waals surface area (Å²) in [5.74, 6) is 1.10. The number of hydrogen-bond donors (Lipinski definition) is 1. The van der Waals surface area contributed by atoms with E-state index in [1.54, 1.807) is 0 Å². The van der Waals surface area contributed by atoms with Gasteiger partial charge in [0.05, 0.1) is 6.61 Å². The Bertz CT molecular complexity index is 540. The Kier molecular flexibility index (Phi) is 6.14. The molecular weight excluding hydrogens is 298 g/mol.